The molecule has 0 amide bonds. The van der Waals surface area contributed by atoms with Gasteiger partial charge >= 0.3 is 0 Å². The van der Waals surface area contributed by atoms with E-state index in [2.05, 4.69) is 13.1 Å². The van der Waals surface area contributed by atoms with E-state index in [1.54, 1.807) is 0 Å². The van der Waals surface area contributed by atoms with Gasteiger partial charge in [0, 0.05) is 6.61 Å². The van der Waals surface area contributed by atoms with Gasteiger partial charge in [-0.2, -0.15) is 0 Å². The molecule has 0 bridgehead atoms. The fraction of sp³-hybridized carbons (Fsp3) is 0.667. The van der Waals surface area contributed by atoms with E-state index in [4.69, 9.17) is 9.47 Å². The van der Waals surface area contributed by atoms with Crippen LogP contribution in [0.5, 0.6) is 0 Å². The minimum absolute atomic E-state index is 0.186. The zero-order valence-electron chi connectivity index (χ0n) is 6.14. The largest absolute Gasteiger partial charge is 0.478 e. The van der Waals surface area contributed by atoms with Crippen molar-refractivity contribution >= 4 is 9.52 Å². The van der Waals surface area contributed by atoms with Crippen molar-refractivity contribution in [3.63, 3.8) is 0 Å². The average molecular weight is 146 g/mol. The van der Waals surface area contributed by atoms with Gasteiger partial charge in [-0.1, -0.05) is 13.1 Å². The maximum absolute atomic E-state index is 5.08. The maximum atomic E-state index is 5.08. The predicted octanol–water partition coefficient (Wildman–Crippen LogP) is 0.685. The molecular formula is C6H14O2Si. The predicted molar refractivity (Wildman–Crippen MR) is 41.1 cm³/mol. The Hall–Kier alpha value is -0.283. The van der Waals surface area contributed by atoms with Crippen molar-refractivity contribution in [3.05, 3.63) is 12.0 Å². The van der Waals surface area contributed by atoms with Crippen LogP contribution >= 0.6 is 0 Å². The molecule has 0 aliphatic heterocycles. The third kappa shape index (κ3) is 5.59. The van der Waals surface area contributed by atoms with Crippen molar-refractivity contribution in [2.24, 2.45) is 0 Å². The summed E-state index contributed by atoms with van der Waals surface area (Å²) < 4.78 is 10.0. The van der Waals surface area contributed by atoms with Gasteiger partial charge in [-0.05, 0) is 6.92 Å². The first-order valence-corrected chi connectivity index (χ1v) is 5.31. The molecule has 0 saturated carbocycles. The van der Waals surface area contributed by atoms with Crippen LogP contribution < -0.4 is 0 Å². The van der Waals surface area contributed by atoms with Crippen molar-refractivity contribution in [2.45, 2.75) is 13.5 Å². The van der Waals surface area contributed by atoms with E-state index in [1.165, 1.54) is 0 Å². The van der Waals surface area contributed by atoms with E-state index in [0.29, 0.717) is 13.4 Å². The van der Waals surface area contributed by atoms with E-state index < -0.39 is 0 Å². The minimum atomic E-state index is -0.186. The Morgan fingerprint density at radius 1 is 1.67 bits per heavy atom. The lowest BCUT2D eigenvalue weighted by molar-refractivity contribution is -0.00977. The Kier molecular flexibility index (Phi) is 5.66. The van der Waals surface area contributed by atoms with Crippen LogP contribution in [0.15, 0.2) is 12.0 Å². The van der Waals surface area contributed by atoms with Crippen molar-refractivity contribution < 1.29 is 9.47 Å². The summed E-state index contributed by atoms with van der Waals surface area (Å²) in [5, 5.41) is 0.920. The van der Waals surface area contributed by atoms with Crippen molar-refractivity contribution in [1.29, 1.82) is 0 Å². The van der Waals surface area contributed by atoms with E-state index >= 15 is 0 Å². The number of rotatable bonds is 5. The van der Waals surface area contributed by atoms with Crippen LogP contribution in [0.4, 0.5) is 0 Å². The molecule has 2 nitrogen and oxygen atoms in total. The van der Waals surface area contributed by atoms with Crippen molar-refractivity contribution in [3.8, 4) is 0 Å². The van der Waals surface area contributed by atoms with Gasteiger partial charge in [0.15, 0.2) is 6.79 Å². The fourth-order valence-corrected chi connectivity index (χ4v) is 0.598. The summed E-state index contributed by atoms with van der Waals surface area (Å²) in [6, 6.07) is 0. The molecule has 0 N–H and O–H groups in total. The summed E-state index contributed by atoms with van der Waals surface area (Å²) in [6.45, 7) is 8.86. The van der Waals surface area contributed by atoms with Gasteiger partial charge < -0.3 is 9.47 Å². The molecule has 0 spiro atoms. The van der Waals surface area contributed by atoms with Crippen LogP contribution in [0.3, 0.4) is 0 Å². The van der Waals surface area contributed by atoms with Crippen molar-refractivity contribution in [2.75, 3.05) is 13.4 Å². The zero-order valence-corrected chi connectivity index (χ0v) is 7.56. The second-order valence-corrected chi connectivity index (χ2v) is 3.14. The Morgan fingerprint density at radius 2 is 2.33 bits per heavy atom. The van der Waals surface area contributed by atoms with Crippen LogP contribution in [0.1, 0.15) is 6.92 Å². The third-order valence-electron chi connectivity index (χ3n) is 0.945. The molecule has 54 valence electrons. The number of hydrogen-bond donors (Lipinski definition) is 0. The first-order chi connectivity index (χ1) is 4.31. The molecule has 0 unspecified atom stereocenters. The highest BCUT2D eigenvalue weighted by Gasteiger charge is 1.87. The van der Waals surface area contributed by atoms with Gasteiger partial charge in [-0.3, -0.25) is 0 Å². The summed E-state index contributed by atoms with van der Waals surface area (Å²) in [5.74, 6) is 0. The highest BCUT2D eigenvalue weighted by molar-refractivity contribution is 6.42. The molecule has 9 heavy (non-hydrogen) atoms. The Balaban J connectivity index is 2.97. The second kappa shape index (κ2) is 5.85. The van der Waals surface area contributed by atoms with Crippen LogP contribution in [-0.4, -0.2) is 22.9 Å². The van der Waals surface area contributed by atoms with E-state index in [0.717, 1.165) is 5.38 Å². The lowest BCUT2D eigenvalue weighted by Crippen LogP contribution is -2.01. The SMILES string of the molecule is C=C(OCOCC)[SiH2]C. The highest BCUT2D eigenvalue weighted by Crippen LogP contribution is 1.89. The summed E-state index contributed by atoms with van der Waals surface area (Å²) in [7, 11) is -0.186. The average Bonchev–Trinajstić information content (AvgIpc) is 1.89. The van der Waals surface area contributed by atoms with Crippen LogP contribution in [0.25, 0.3) is 0 Å². The van der Waals surface area contributed by atoms with Gasteiger partial charge in [0.05, 0.1) is 14.9 Å². The normalized spacial score (nSPS) is 10.4. The van der Waals surface area contributed by atoms with Gasteiger partial charge in [-0.15, -0.1) is 0 Å². The Labute approximate surface area is 58.7 Å². The van der Waals surface area contributed by atoms with E-state index in [-0.39, 0.29) is 9.52 Å². The van der Waals surface area contributed by atoms with E-state index in [9.17, 15) is 0 Å². The molecule has 3 heteroatoms. The number of ether oxygens (including phenoxy) is 2. The lowest BCUT2D eigenvalue weighted by Gasteiger charge is -2.05. The smallest absolute Gasteiger partial charge is 0.187 e. The Bertz CT molecular complexity index is 83.1. The fourth-order valence-electron chi connectivity index (χ4n) is 0.310. The van der Waals surface area contributed by atoms with Gasteiger partial charge in [-0.25, -0.2) is 0 Å². The first kappa shape index (κ1) is 8.72. The monoisotopic (exact) mass is 146 g/mol. The minimum Gasteiger partial charge on any atom is -0.478 e. The second-order valence-electron chi connectivity index (χ2n) is 1.65. The molecule has 0 aliphatic carbocycles. The molecule has 0 heterocycles. The van der Waals surface area contributed by atoms with Gasteiger partial charge in [0.1, 0.15) is 0 Å². The van der Waals surface area contributed by atoms with Crippen molar-refractivity contribution in [1.82, 2.24) is 0 Å². The van der Waals surface area contributed by atoms with Gasteiger partial charge in [0.25, 0.3) is 0 Å². The quantitative estimate of drug-likeness (QED) is 0.246. The molecule has 0 radical (unpaired) electrons. The zero-order chi connectivity index (χ0) is 7.11. The van der Waals surface area contributed by atoms with Crippen LogP contribution in [-0.2, 0) is 9.47 Å². The van der Waals surface area contributed by atoms with Gasteiger partial charge in [0.2, 0.25) is 0 Å². The molecule has 0 fully saturated rings. The highest BCUT2D eigenvalue weighted by atomic mass is 28.2. The summed E-state index contributed by atoms with van der Waals surface area (Å²) >= 11 is 0. The molecular weight excluding hydrogens is 132 g/mol. The van der Waals surface area contributed by atoms with Crippen LogP contribution in [0, 0.1) is 0 Å². The topological polar surface area (TPSA) is 18.5 Å². The molecule has 0 aromatic rings. The molecule has 0 saturated heterocycles. The summed E-state index contributed by atoms with van der Waals surface area (Å²) in [6.07, 6.45) is 0. The first-order valence-electron chi connectivity index (χ1n) is 3.19. The maximum Gasteiger partial charge on any atom is 0.187 e. The van der Waals surface area contributed by atoms with Crippen LogP contribution in [0.2, 0.25) is 6.55 Å². The standard InChI is InChI=1S/C6H14O2Si/c1-4-7-5-8-6(2)9-3/h2,4-5,9H2,1,3H3. The third-order valence-corrected chi connectivity index (χ3v) is 1.94. The Morgan fingerprint density at radius 3 is 2.78 bits per heavy atom. The summed E-state index contributed by atoms with van der Waals surface area (Å²) in [4.78, 5) is 0. The molecule has 0 atom stereocenters. The van der Waals surface area contributed by atoms with E-state index in [1.807, 2.05) is 6.92 Å². The molecule has 0 aliphatic rings. The molecule has 0 aromatic heterocycles. The molecule has 0 aromatic carbocycles. The molecule has 0 rings (SSSR count). The lowest BCUT2D eigenvalue weighted by atomic mass is 10.9. The summed E-state index contributed by atoms with van der Waals surface area (Å²) in [5.41, 5.74) is 0. The number of hydrogen-bond acceptors (Lipinski definition) is 2.